The third-order valence-corrected chi connectivity index (χ3v) is 30.9. The lowest BCUT2D eigenvalue weighted by Gasteiger charge is -2.35. The molecule has 0 unspecified atom stereocenters. The van der Waals surface area contributed by atoms with E-state index in [1.807, 2.05) is 35.3 Å². The molecule has 0 aliphatic rings. The molecule has 0 fully saturated rings. The Morgan fingerprint density at radius 2 is 0.380 bits per heavy atom. The van der Waals surface area contributed by atoms with Crippen LogP contribution < -0.4 is 0 Å². The van der Waals surface area contributed by atoms with Gasteiger partial charge in [-0.2, -0.15) is 217 Å². The maximum absolute atomic E-state index is 5.74. The maximum Gasteiger partial charge on any atom is 0.0700 e. The first-order valence-corrected chi connectivity index (χ1v) is 53.2. The molecule has 24 heteroatoms. The highest BCUT2D eigenvalue weighted by Gasteiger charge is 2.30. The average molecular weight is 1630 g/mol. The molecule has 0 aromatic rings. The Kier molecular flexibility index (Phi) is 97.3. The number of rotatable bonds is 82. The minimum absolute atomic E-state index is 0.470. The monoisotopic (exact) mass is 1630 g/mol. The first-order valence-electron chi connectivity index (χ1n) is 35.5. The van der Waals surface area contributed by atoms with Crippen LogP contribution in [0.2, 0.25) is 0 Å². The third-order valence-electron chi connectivity index (χ3n) is 15.0. The normalized spacial score (nSPS) is 12.0. The Morgan fingerprint density at radius 3 is 0.598 bits per heavy atom. The van der Waals surface area contributed by atoms with E-state index in [4.69, 9.17) is 28.4 Å². The first kappa shape index (κ1) is 100. The van der Waals surface area contributed by atoms with E-state index in [9.17, 15) is 0 Å². The van der Waals surface area contributed by atoms with Crippen molar-refractivity contribution in [3.63, 3.8) is 0 Å². The first-order chi connectivity index (χ1) is 45.5. The summed E-state index contributed by atoms with van der Waals surface area (Å²) in [5.41, 5.74) is 1.06. The number of thioether (sulfide) groups is 12. The molecular formula is C68H140O6S18. The summed E-state index contributed by atoms with van der Waals surface area (Å²) < 4.78 is 33.5. The van der Waals surface area contributed by atoms with Gasteiger partial charge in [-0.05, 0) is 152 Å². The van der Waals surface area contributed by atoms with E-state index in [0.29, 0.717) is 70.3 Å². The van der Waals surface area contributed by atoms with Crippen molar-refractivity contribution in [3.05, 3.63) is 0 Å². The lowest BCUT2D eigenvalue weighted by molar-refractivity contribution is 0.0605. The fourth-order valence-electron chi connectivity index (χ4n) is 10.3. The summed E-state index contributed by atoms with van der Waals surface area (Å²) in [5, 5.41) is 0. The smallest absolute Gasteiger partial charge is 0.0700 e. The Labute approximate surface area is 655 Å². The number of ether oxygens (including phenoxy) is 6. The lowest BCUT2D eigenvalue weighted by Crippen LogP contribution is -2.22. The van der Waals surface area contributed by atoms with Crippen molar-refractivity contribution < 1.29 is 28.4 Å². The molecule has 0 amide bonds. The number of hydrogen-bond donors (Lipinski definition) is 6. The van der Waals surface area contributed by atoms with Crippen LogP contribution in [-0.2, 0) is 28.4 Å². The zero-order chi connectivity index (χ0) is 67.0. The van der Waals surface area contributed by atoms with E-state index in [2.05, 4.69) is 195 Å². The predicted octanol–water partition coefficient (Wildman–Crippen LogP) is 21.0. The minimum Gasteiger partial charge on any atom is -0.378 e. The number of thiol groups is 6. The van der Waals surface area contributed by atoms with E-state index < -0.39 is 0 Å². The van der Waals surface area contributed by atoms with E-state index in [-0.39, 0.29) is 0 Å². The number of hydrogen-bond acceptors (Lipinski definition) is 24. The molecule has 556 valence electrons. The molecule has 0 aromatic heterocycles. The zero-order valence-corrected chi connectivity index (χ0v) is 73.5. The van der Waals surface area contributed by atoms with Crippen molar-refractivity contribution >= 4 is 217 Å². The summed E-state index contributed by atoms with van der Waals surface area (Å²) in [6.45, 7) is 13.2. The second kappa shape index (κ2) is 89.5. The highest BCUT2D eigenvalue weighted by atomic mass is 32.2. The highest BCUT2D eigenvalue weighted by molar-refractivity contribution is 8.06. The summed E-state index contributed by atoms with van der Waals surface area (Å²) in [7, 11) is 0. The SMILES string of the molecule is CCCCCCC(CCCSCCOCCOCCS)(CCCSCCOCCOCCS)CCCSCCOCCOCCS.CCCCCCC(CCCSCCSCCSCCS)(CCCSCCSCCSCCS)CCCSCCSCCSCCS. The second-order valence-corrected chi connectivity index (χ2v) is 40.0. The lowest BCUT2D eigenvalue weighted by atomic mass is 9.72. The molecule has 0 radical (unpaired) electrons. The average Bonchev–Trinajstić information content (AvgIpc) is 1.19. The Morgan fingerprint density at radius 1 is 0.185 bits per heavy atom. The Bertz CT molecular complexity index is 1100. The molecule has 6 nitrogen and oxygen atoms in total. The van der Waals surface area contributed by atoms with Gasteiger partial charge in [-0.15, -0.1) is 0 Å². The van der Waals surface area contributed by atoms with Crippen molar-refractivity contribution in [2.75, 3.05) is 252 Å². The standard InChI is InChI=1S/C34H70O6S6.C34H70S12/c1-2-3-4-5-9-34(10-6-28-44-31-22-38-16-13-35-19-25-41,11-7-29-45-32-23-39-17-14-36-20-26-42)12-8-30-46-33-24-40-18-15-37-21-27-43;1-2-3-4-5-9-34(10-6-16-38-22-28-44-31-25-41-19-13-35,11-7-17-39-23-29-45-32-26-42-20-14-36)12-8-18-40-24-30-46-33-27-43-21-15-37/h41-43H,2-33H2,1H3;35-37H,2-33H2,1H3. The molecule has 0 heterocycles. The summed E-state index contributed by atoms with van der Waals surface area (Å²) in [5.74, 6) is 35.6. The molecule has 0 aliphatic heterocycles. The largest absolute Gasteiger partial charge is 0.378 e. The molecule has 0 aromatic carbocycles. The van der Waals surface area contributed by atoms with Crippen LogP contribution in [0.3, 0.4) is 0 Å². The van der Waals surface area contributed by atoms with Gasteiger partial charge in [-0.25, -0.2) is 0 Å². The summed E-state index contributed by atoms with van der Waals surface area (Å²) in [6.07, 6.45) is 30.5. The number of unbranched alkanes of at least 4 members (excludes halogenated alkanes) is 6. The van der Waals surface area contributed by atoms with Crippen LogP contribution in [0.15, 0.2) is 0 Å². The van der Waals surface area contributed by atoms with E-state index in [0.717, 1.165) is 71.6 Å². The van der Waals surface area contributed by atoms with Crippen molar-refractivity contribution in [2.45, 2.75) is 155 Å². The molecule has 0 saturated heterocycles. The van der Waals surface area contributed by atoms with Gasteiger partial charge in [-0.3, -0.25) is 0 Å². The van der Waals surface area contributed by atoms with Crippen LogP contribution in [0.25, 0.3) is 0 Å². The van der Waals surface area contributed by atoms with Crippen LogP contribution in [0.5, 0.6) is 0 Å². The zero-order valence-electron chi connectivity index (χ0n) is 58.3. The van der Waals surface area contributed by atoms with Crippen molar-refractivity contribution in [1.82, 2.24) is 0 Å². The molecule has 0 rings (SSSR count). The Hall–Kier alpha value is 6.06. The van der Waals surface area contributed by atoms with Gasteiger partial charge in [0.15, 0.2) is 0 Å². The van der Waals surface area contributed by atoms with Crippen molar-refractivity contribution in [1.29, 1.82) is 0 Å². The highest BCUT2D eigenvalue weighted by Crippen LogP contribution is 2.43. The summed E-state index contributed by atoms with van der Waals surface area (Å²) in [4.78, 5) is 0. The van der Waals surface area contributed by atoms with Gasteiger partial charge in [0, 0.05) is 121 Å². The minimum atomic E-state index is 0.470. The topological polar surface area (TPSA) is 55.4 Å². The van der Waals surface area contributed by atoms with Crippen LogP contribution in [-0.4, -0.2) is 252 Å². The maximum atomic E-state index is 5.74. The van der Waals surface area contributed by atoms with Gasteiger partial charge in [0.1, 0.15) is 0 Å². The van der Waals surface area contributed by atoms with Gasteiger partial charge in [-0.1, -0.05) is 65.2 Å². The molecule has 0 bridgehead atoms. The van der Waals surface area contributed by atoms with Crippen molar-refractivity contribution in [2.24, 2.45) is 10.8 Å². The molecule has 0 atom stereocenters. The van der Waals surface area contributed by atoms with E-state index in [1.54, 1.807) is 0 Å². The second-order valence-electron chi connectivity index (χ2n) is 22.6. The van der Waals surface area contributed by atoms with Gasteiger partial charge in [0.05, 0.1) is 79.3 Å². The van der Waals surface area contributed by atoms with E-state index >= 15 is 0 Å². The quantitative estimate of drug-likeness (QED) is 0.0259. The van der Waals surface area contributed by atoms with Gasteiger partial charge < -0.3 is 28.4 Å². The van der Waals surface area contributed by atoms with Crippen LogP contribution in [0.4, 0.5) is 0 Å². The van der Waals surface area contributed by atoms with Crippen molar-refractivity contribution in [3.8, 4) is 0 Å². The molecule has 0 spiro atoms. The fourth-order valence-corrected chi connectivity index (χ4v) is 23.1. The third kappa shape index (κ3) is 80.2. The van der Waals surface area contributed by atoms with Crippen LogP contribution in [0.1, 0.15) is 155 Å². The summed E-state index contributed by atoms with van der Waals surface area (Å²) >= 11 is 50.9. The van der Waals surface area contributed by atoms with Crippen LogP contribution in [0, 0.1) is 10.8 Å². The molecular weight excluding hydrogens is 1490 g/mol. The van der Waals surface area contributed by atoms with Crippen LogP contribution >= 0.6 is 217 Å². The predicted molar refractivity (Wildman–Crippen MR) is 474 cm³/mol. The molecule has 92 heavy (non-hydrogen) atoms. The summed E-state index contributed by atoms with van der Waals surface area (Å²) in [6, 6.07) is 0. The Balaban J connectivity index is 0. The van der Waals surface area contributed by atoms with Gasteiger partial charge in [0.2, 0.25) is 0 Å². The fraction of sp³-hybridized carbons (Fsp3) is 1.00. The van der Waals surface area contributed by atoms with Gasteiger partial charge >= 0.3 is 0 Å². The molecule has 0 N–H and O–H groups in total. The van der Waals surface area contributed by atoms with Gasteiger partial charge in [0.25, 0.3) is 0 Å². The van der Waals surface area contributed by atoms with E-state index in [1.165, 1.54) is 262 Å². The molecule has 0 saturated carbocycles. The molecule has 0 aliphatic carbocycles.